The molecule has 1 atom stereocenters. The van der Waals surface area contributed by atoms with E-state index in [1.165, 1.54) is 11.4 Å². The highest BCUT2D eigenvalue weighted by Gasteiger charge is 2.41. The van der Waals surface area contributed by atoms with Crippen molar-refractivity contribution in [3.63, 3.8) is 0 Å². The maximum Gasteiger partial charge on any atom is 0.411 e. The smallest absolute Gasteiger partial charge is 0.367 e. The van der Waals surface area contributed by atoms with Gasteiger partial charge in [0.2, 0.25) is 21.7 Å². The lowest BCUT2D eigenvalue weighted by Crippen LogP contribution is -2.22. The number of hydrogen-bond acceptors (Lipinski definition) is 6. The Balaban J connectivity index is 1.68. The van der Waals surface area contributed by atoms with Gasteiger partial charge < -0.3 is 9.26 Å². The predicted octanol–water partition coefficient (Wildman–Crippen LogP) is 2.52. The Morgan fingerprint density at radius 1 is 1.31 bits per heavy atom. The average molecular weight is 391 g/mol. The van der Waals surface area contributed by atoms with Gasteiger partial charge in [-0.05, 0) is 12.0 Å². The van der Waals surface area contributed by atoms with Gasteiger partial charge in [0.05, 0.1) is 6.61 Å². The van der Waals surface area contributed by atoms with Crippen LogP contribution in [0.1, 0.15) is 23.1 Å². The fourth-order valence-electron chi connectivity index (χ4n) is 2.56. The third-order valence-electron chi connectivity index (χ3n) is 3.96. The zero-order chi connectivity index (χ0) is 18.9. The molecule has 2 heterocycles. The first-order valence-corrected chi connectivity index (χ1v) is 9.20. The maximum atomic E-state index is 12.2. The molecule has 1 aliphatic heterocycles. The molecule has 1 saturated heterocycles. The molecule has 26 heavy (non-hydrogen) atoms. The third-order valence-corrected chi connectivity index (χ3v) is 6.17. The van der Waals surface area contributed by atoms with Gasteiger partial charge in [-0.15, -0.1) is 0 Å². The van der Waals surface area contributed by atoms with Crippen molar-refractivity contribution in [3.05, 3.63) is 35.7 Å². The van der Waals surface area contributed by atoms with Gasteiger partial charge in [0.1, 0.15) is 6.61 Å². The Labute approximate surface area is 147 Å². The zero-order valence-electron chi connectivity index (χ0n) is 13.7. The second-order valence-electron chi connectivity index (χ2n) is 5.90. The molecule has 0 spiro atoms. The Morgan fingerprint density at radius 2 is 2.00 bits per heavy atom. The number of alkyl halides is 3. The van der Waals surface area contributed by atoms with Gasteiger partial charge in [-0.3, -0.25) is 0 Å². The third kappa shape index (κ3) is 4.05. The normalized spacial score (nSPS) is 20.5. The van der Waals surface area contributed by atoms with Crippen LogP contribution in [0.5, 0.6) is 0 Å². The fraction of sp³-hybridized carbons (Fsp3) is 0.467. The standard InChI is InChI=1S/C15H16F3N3O4S/c1-21-7-6-12(26(21,22)23)14-19-13(20-25-14)11-4-2-10(3-5-11)8-24-9-15(16,17)18/h2-5,12H,6-9H2,1H3. The van der Waals surface area contributed by atoms with Gasteiger partial charge in [0, 0.05) is 19.2 Å². The molecule has 3 rings (SSSR count). The number of sulfonamides is 1. The molecular formula is C15H16F3N3O4S. The minimum absolute atomic E-state index is 0.0296. The predicted molar refractivity (Wildman–Crippen MR) is 84.4 cm³/mol. The first-order valence-electron chi connectivity index (χ1n) is 7.69. The molecule has 0 N–H and O–H groups in total. The van der Waals surface area contributed by atoms with Crippen LogP contribution in [-0.4, -0.2) is 49.2 Å². The highest BCUT2D eigenvalue weighted by molar-refractivity contribution is 7.89. The fourth-order valence-corrected chi connectivity index (χ4v) is 4.11. The topological polar surface area (TPSA) is 85.5 Å². The summed E-state index contributed by atoms with van der Waals surface area (Å²) in [6, 6.07) is 6.38. The molecule has 1 unspecified atom stereocenters. The number of nitrogens with zero attached hydrogens (tertiary/aromatic N) is 3. The summed E-state index contributed by atoms with van der Waals surface area (Å²) in [4.78, 5) is 4.15. The van der Waals surface area contributed by atoms with Crippen LogP contribution < -0.4 is 0 Å². The van der Waals surface area contributed by atoms with Crippen LogP contribution in [0.4, 0.5) is 13.2 Å². The van der Waals surface area contributed by atoms with Crippen molar-refractivity contribution in [1.29, 1.82) is 0 Å². The molecule has 1 aromatic carbocycles. The molecule has 0 saturated carbocycles. The van der Waals surface area contributed by atoms with Crippen LogP contribution in [0.25, 0.3) is 11.4 Å². The van der Waals surface area contributed by atoms with E-state index in [-0.39, 0.29) is 18.3 Å². The lowest BCUT2D eigenvalue weighted by Gasteiger charge is -2.08. The molecule has 0 aliphatic carbocycles. The number of hydrogen-bond donors (Lipinski definition) is 0. The summed E-state index contributed by atoms with van der Waals surface area (Å²) >= 11 is 0. The first-order chi connectivity index (χ1) is 12.2. The van der Waals surface area contributed by atoms with Gasteiger partial charge in [-0.25, -0.2) is 12.7 Å². The summed E-state index contributed by atoms with van der Waals surface area (Å²) in [5.74, 6) is 0.245. The SMILES string of the molecule is CN1CCC(c2nc(-c3ccc(COCC(F)(F)F)cc3)no2)S1(=O)=O. The Kier molecular flexibility index (Phi) is 5.04. The molecule has 1 aromatic heterocycles. The van der Waals surface area contributed by atoms with Crippen molar-refractivity contribution in [1.82, 2.24) is 14.4 Å². The van der Waals surface area contributed by atoms with Crippen LogP contribution in [-0.2, 0) is 21.4 Å². The van der Waals surface area contributed by atoms with Gasteiger partial charge in [-0.2, -0.15) is 18.2 Å². The number of benzene rings is 1. The minimum atomic E-state index is -4.37. The zero-order valence-corrected chi connectivity index (χ0v) is 14.5. The quantitative estimate of drug-likeness (QED) is 0.779. The average Bonchev–Trinajstić information content (AvgIpc) is 3.12. The van der Waals surface area contributed by atoms with Gasteiger partial charge in [-0.1, -0.05) is 29.4 Å². The van der Waals surface area contributed by atoms with E-state index >= 15 is 0 Å². The minimum Gasteiger partial charge on any atom is -0.367 e. The first kappa shape index (κ1) is 18.8. The number of rotatable bonds is 5. The summed E-state index contributed by atoms with van der Waals surface area (Å²) in [5.41, 5.74) is 1.12. The van der Waals surface area contributed by atoms with E-state index in [1.807, 2.05) is 0 Å². The maximum absolute atomic E-state index is 12.2. The van der Waals surface area contributed by atoms with Crippen LogP contribution >= 0.6 is 0 Å². The monoisotopic (exact) mass is 391 g/mol. The van der Waals surface area contributed by atoms with E-state index in [0.717, 1.165) is 0 Å². The van der Waals surface area contributed by atoms with Gasteiger partial charge in [0.15, 0.2) is 5.25 Å². The summed E-state index contributed by atoms with van der Waals surface area (Å²) in [6.45, 7) is -1.10. The Bertz CT molecular complexity index is 865. The van der Waals surface area contributed by atoms with Crippen molar-refractivity contribution in [3.8, 4) is 11.4 Å². The van der Waals surface area contributed by atoms with E-state index in [2.05, 4.69) is 14.9 Å². The van der Waals surface area contributed by atoms with Crippen LogP contribution in [0.2, 0.25) is 0 Å². The van der Waals surface area contributed by atoms with Crippen LogP contribution in [0.3, 0.4) is 0 Å². The largest absolute Gasteiger partial charge is 0.411 e. The molecule has 0 amide bonds. The summed E-state index contributed by atoms with van der Waals surface area (Å²) in [6.07, 6.45) is -3.99. The van der Waals surface area contributed by atoms with E-state index in [0.29, 0.717) is 24.1 Å². The second kappa shape index (κ2) is 6.97. The lowest BCUT2D eigenvalue weighted by molar-refractivity contribution is -0.176. The molecule has 7 nitrogen and oxygen atoms in total. The van der Waals surface area contributed by atoms with E-state index < -0.39 is 28.1 Å². The van der Waals surface area contributed by atoms with Crippen LogP contribution in [0.15, 0.2) is 28.8 Å². The number of ether oxygens (including phenoxy) is 1. The van der Waals surface area contributed by atoms with Crippen LogP contribution in [0, 0.1) is 0 Å². The molecule has 142 valence electrons. The summed E-state index contributed by atoms with van der Waals surface area (Å²) < 4.78 is 71.4. The molecule has 2 aromatic rings. The molecule has 1 fully saturated rings. The highest BCUT2D eigenvalue weighted by Crippen LogP contribution is 2.34. The van der Waals surface area contributed by atoms with Gasteiger partial charge in [0.25, 0.3) is 0 Å². The van der Waals surface area contributed by atoms with Crippen molar-refractivity contribution in [2.45, 2.75) is 24.5 Å². The van der Waals surface area contributed by atoms with E-state index in [1.54, 1.807) is 24.3 Å². The van der Waals surface area contributed by atoms with Crippen molar-refractivity contribution in [2.24, 2.45) is 0 Å². The second-order valence-corrected chi connectivity index (χ2v) is 8.13. The van der Waals surface area contributed by atoms with Crippen molar-refractivity contribution in [2.75, 3.05) is 20.2 Å². The lowest BCUT2D eigenvalue weighted by atomic mass is 10.1. The number of aromatic nitrogens is 2. The van der Waals surface area contributed by atoms with Crippen molar-refractivity contribution >= 4 is 10.0 Å². The molecule has 1 aliphatic rings. The molecule has 0 radical (unpaired) electrons. The van der Waals surface area contributed by atoms with E-state index in [4.69, 9.17) is 4.52 Å². The highest BCUT2D eigenvalue weighted by atomic mass is 32.2. The molecule has 0 bridgehead atoms. The number of halogens is 3. The summed E-state index contributed by atoms with van der Waals surface area (Å²) in [5, 5.41) is 2.94. The van der Waals surface area contributed by atoms with Crippen molar-refractivity contribution < 1.29 is 30.8 Å². The Hall–Kier alpha value is -1.98. The molecular weight excluding hydrogens is 375 g/mol. The van der Waals surface area contributed by atoms with E-state index in [9.17, 15) is 21.6 Å². The Morgan fingerprint density at radius 3 is 2.58 bits per heavy atom. The summed E-state index contributed by atoms with van der Waals surface area (Å²) in [7, 11) is -2.00. The molecule has 11 heteroatoms. The van der Waals surface area contributed by atoms with Gasteiger partial charge >= 0.3 is 6.18 Å².